The first kappa shape index (κ1) is 17.0. The van der Waals surface area contributed by atoms with E-state index in [1.54, 1.807) is 11.9 Å². The molecule has 0 saturated heterocycles. The third-order valence-corrected chi connectivity index (χ3v) is 6.86. The Morgan fingerprint density at radius 1 is 1.29 bits per heavy atom. The number of hydrogen-bond acceptors (Lipinski definition) is 3. The molecular weight excluding hydrogens is 324 g/mol. The van der Waals surface area contributed by atoms with E-state index >= 15 is 0 Å². The van der Waals surface area contributed by atoms with Gasteiger partial charge < -0.3 is 9.88 Å². The van der Waals surface area contributed by atoms with Gasteiger partial charge in [-0.1, -0.05) is 18.2 Å². The molecule has 1 aliphatic rings. The van der Waals surface area contributed by atoms with Gasteiger partial charge in [0.15, 0.2) is 9.84 Å². The summed E-state index contributed by atoms with van der Waals surface area (Å²) < 4.78 is 23.9. The monoisotopic (exact) mass is 348 g/mol. The third kappa shape index (κ3) is 3.07. The number of nitrogens with zero attached hydrogens (tertiary/aromatic N) is 1. The molecule has 6 heteroatoms. The summed E-state index contributed by atoms with van der Waals surface area (Å²) >= 11 is 0. The van der Waals surface area contributed by atoms with Crippen molar-refractivity contribution >= 4 is 26.6 Å². The molecule has 1 saturated carbocycles. The van der Waals surface area contributed by atoms with Crippen LogP contribution < -0.4 is 0 Å². The number of likely N-dealkylation sites (N-methyl/N-ethyl adjacent to an activating group) is 1. The predicted molar refractivity (Wildman–Crippen MR) is 95.8 cm³/mol. The molecule has 1 N–H and O–H groups in total. The highest BCUT2D eigenvalue weighted by molar-refractivity contribution is 7.91. The summed E-state index contributed by atoms with van der Waals surface area (Å²) in [6, 6.07) is 7.72. The standard InChI is InChI=1S/C18H24N2O3S/c1-12-14(13-7-4-5-8-15(13)19-12)11-18(21)20(2)16-9-6-10-17(16)24(3,22)23/h4-5,7-8,16-17,19H,6,9-11H2,1-3H3/t16-,17+/m0/s1. The Labute approximate surface area is 143 Å². The molecule has 0 radical (unpaired) electrons. The second-order valence-corrected chi connectivity index (χ2v) is 9.09. The lowest BCUT2D eigenvalue weighted by atomic mass is 10.1. The Kier molecular flexibility index (Phi) is 4.42. The van der Waals surface area contributed by atoms with Gasteiger partial charge in [0.05, 0.1) is 11.7 Å². The topological polar surface area (TPSA) is 70.2 Å². The first-order chi connectivity index (χ1) is 11.3. The molecule has 3 rings (SSSR count). The minimum atomic E-state index is -3.14. The van der Waals surface area contributed by atoms with Crippen molar-refractivity contribution in [2.45, 2.75) is 43.9 Å². The predicted octanol–water partition coefficient (Wildman–Crippen LogP) is 2.44. The van der Waals surface area contributed by atoms with Crippen LogP contribution in [-0.2, 0) is 21.1 Å². The van der Waals surface area contributed by atoms with Gasteiger partial charge in [-0.15, -0.1) is 0 Å². The summed E-state index contributed by atoms with van der Waals surface area (Å²) in [5, 5.41) is 0.623. The van der Waals surface area contributed by atoms with Gasteiger partial charge in [-0.3, -0.25) is 4.79 Å². The Morgan fingerprint density at radius 2 is 2.00 bits per heavy atom. The average molecular weight is 348 g/mol. The van der Waals surface area contributed by atoms with Crippen LogP contribution in [-0.4, -0.2) is 48.8 Å². The number of aromatic nitrogens is 1. The van der Waals surface area contributed by atoms with Gasteiger partial charge in [0, 0.05) is 35.9 Å². The molecule has 24 heavy (non-hydrogen) atoms. The van der Waals surface area contributed by atoms with Crippen molar-refractivity contribution in [2.75, 3.05) is 13.3 Å². The zero-order valence-corrected chi connectivity index (χ0v) is 15.2. The van der Waals surface area contributed by atoms with Crippen molar-refractivity contribution in [1.29, 1.82) is 0 Å². The lowest BCUT2D eigenvalue weighted by molar-refractivity contribution is -0.131. The van der Waals surface area contributed by atoms with Gasteiger partial charge in [0.2, 0.25) is 5.91 Å². The zero-order valence-electron chi connectivity index (χ0n) is 14.4. The number of sulfone groups is 1. The molecule has 130 valence electrons. The fourth-order valence-electron chi connectivity index (χ4n) is 3.87. The maximum Gasteiger partial charge on any atom is 0.227 e. The summed E-state index contributed by atoms with van der Waals surface area (Å²) in [5.74, 6) is -0.0246. The summed E-state index contributed by atoms with van der Waals surface area (Å²) in [6.45, 7) is 1.97. The Balaban J connectivity index is 1.83. The van der Waals surface area contributed by atoms with Crippen molar-refractivity contribution in [3.8, 4) is 0 Å². The maximum absolute atomic E-state index is 12.8. The van der Waals surface area contributed by atoms with Crippen molar-refractivity contribution in [2.24, 2.45) is 0 Å². The van der Waals surface area contributed by atoms with Gasteiger partial charge in [-0.25, -0.2) is 8.42 Å². The molecule has 0 aliphatic heterocycles. The van der Waals surface area contributed by atoms with Crippen LogP contribution in [0.25, 0.3) is 10.9 Å². The van der Waals surface area contributed by atoms with Crippen LogP contribution in [0.3, 0.4) is 0 Å². The molecule has 0 bridgehead atoms. The molecule has 0 unspecified atom stereocenters. The summed E-state index contributed by atoms with van der Waals surface area (Å²) in [6.07, 6.45) is 3.82. The van der Waals surface area contributed by atoms with Crippen LogP contribution in [0.4, 0.5) is 0 Å². The minimum absolute atomic E-state index is 0.0246. The molecular formula is C18H24N2O3S. The van der Waals surface area contributed by atoms with Crippen molar-refractivity contribution in [3.05, 3.63) is 35.5 Å². The number of carbonyl (C=O) groups is 1. The lowest BCUT2D eigenvalue weighted by Crippen LogP contribution is -2.45. The summed E-state index contributed by atoms with van der Waals surface area (Å²) in [5.41, 5.74) is 3.01. The van der Waals surface area contributed by atoms with E-state index in [1.807, 2.05) is 31.2 Å². The van der Waals surface area contributed by atoms with Crippen LogP contribution in [0.1, 0.15) is 30.5 Å². The van der Waals surface area contributed by atoms with Gasteiger partial charge in [-0.05, 0) is 37.8 Å². The molecule has 1 fully saturated rings. The maximum atomic E-state index is 12.8. The van der Waals surface area contributed by atoms with Crippen LogP contribution >= 0.6 is 0 Å². The summed E-state index contributed by atoms with van der Waals surface area (Å²) in [7, 11) is -1.40. The number of para-hydroxylation sites is 1. The first-order valence-electron chi connectivity index (χ1n) is 8.29. The Hall–Kier alpha value is -1.82. The second-order valence-electron chi connectivity index (χ2n) is 6.82. The molecule has 0 spiro atoms. The van der Waals surface area contributed by atoms with Crippen LogP contribution in [0, 0.1) is 6.92 Å². The molecule has 5 nitrogen and oxygen atoms in total. The Morgan fingerprint density at radius 3 is 2.71 bits per heavy atom. The number of fused-ring (bicyclic) bond motifs is 1. The van der Waals surface area contributed by atoms with E-state index in [0.29, 0.717) is 12.8 Å². The molecule has 1 aromatic carbocycles. The molecule has 1 aliphatic carbocycles. The fraction of sp³-hybridized carbons (Fsp3) is 0.500. The van der Waals surface area contributed by atoms with E-state index in [1.165, 1.54) is 6.26 Å². The number of benzene rings is 1. The van der Waals surface area contributed by atoms with E-state index in [2.05, 4.69) is 4.98 Å². The second kappa shape index (κ2) is 6.24. The highest BCUT2D eigenvalue weighted by Crippen LogP contribution is 2.30. The summed E-state index contributed by atoms with van der Waals surface area (Å²) in [4.78, 5) is 17.7. The van der Waals surface area contributed by atoms with Crippen LogP contribution in [0.2, 0.25) is 0 Å². The third-order valence-electron chi connectivity index (χ3n) is 5.21. The van der Waals surface area contributed by atoms with Crippen molar-refractivity contribution < 1.29 is 13.2 Å². The highest BCUT2D eigenvalue weighted by Gasteiger charge is 2.38. The Bertz CT molecular complexity index is 870. The van der Waals surface area contributed by atoms with E-state index < -0.39 is 15.1 Å². The molecule has 1 aromatic heterocycles. The number of nitrogens with one attached hydrogen (secondary N) is 1. The molecule has 2 aromatic rings. The average Bonchev–Trinajstić information content (AvgIpc) is 3.12. The van der Waals surface area contributed by atoms with Crippen LogP contribution in [0.15, 0.2) is 24.3 Å². The van der Waals surface area contributed by atoms with Crippen LogP contribution in [0.5, 0.6) is 0 Å². The number of hydrogen-bond donors (Lipinski definition) is 1. The van der Waals surface area contributed by atoms with E-state index in [-0.39, 0.29) is 11.9 Å². The number of rotatable bonds is 4. The largest absolute Gasteiger partial charge is 0.358 e. The SMILES string of the molecule is Cc1[nH]c2ccccc2c1CC(=O)N(C)[C@H]1CCC[C@H]1S(C)(=O)=O. The van der Waals surface area contributed by atoms with Crippen molar-refractivity contribution in [3.63, 3.8) is 0 Å². The zero-order chi connectivity index (χ0) is 17.5. The number of carbonyl (C=O) groups excluding carboxylic acids is 1. The van der Waals surface area contributed by atoms with Gasteiger partial charge in [0.25, 0.3) is 0 Å². The highest BCUT2D eigenvalue weighted by atomic mass is 32.2. The number of amides is 1. The van der Waals surface area contributed by atoms with E-state index in [9.17, 15) is 13.2 Å². The first-order valence-corrected chi connectivity index (χ1v) is 10.2. The quantitative estimate of drug-likeness (QED) is 0.922. The van der Waals surface area contributed by atoms with Crippen molar-refractivity contribution in [1.82, 2.24) is 9.88 Å². The molecule has 1 amide bonds. The minimum Gasteiger partial charge on any atom is -0.358 e. The number of aromatic amines is 1. The molecule has 1 heterocycles. The van der Waals surface area contributed by atoms with E-state index in [0.717, 1.165) is 35.0 Å². The normalized spacial score (nSPS) is 21.3. The lowest BCUT2D eigenvalue weighted by Gasteiger charge is -2.29. The smallest absolute Gasteiger partial charge is 0.227 e. The van der Waals surface area contributed by atoms with E-state index in [4.69, 9.17) is 0 Å². The number of aryl methyl sites for hydroxylation is 1. The fourth-order valence-corrected chi connectivity index (χ4v) is 5.36. The van der Waals surface area contributed by atoms with Gasteiger partial charge >= 0.3 is 0 Å². The van der Waals surface area contributed by atoms with Gasteiger partial charge in [0.1, 0.15) is 0 Å². The number of H-pyrrole nitrogens is 1. The molecule has 2 atom stereocenters. The van der Waals surface area contributed by atoms with Gasteiger partial charge in [-0.2, -0.15) is 0 Å².